The molecule has 0 radical (unpaired) electrons. The van der Waals surface area contributed by atoms with Gasteiger partial charge in [-0.2, -0.15) is 5.10 Å². The van der Waals surface area contributed by atoms with Crippen LogP contribution in [-0.4, -0.2) is 14.9 Å². The van der Waals surface area contributed by atoms with Crippen molar-refractivity contribution in [3.8, 4) is 0 Å². The highest BCUT2D eigenvalue weighted by Crippen LogP contribution is 2.24. The second kappa shape index (κ2) is 3.27. The summed E-state index contributed by atoms with van der Waals surface area (Å²) >= 11 is 0. The van der Waals surface area contributed by atoms with Crippen molar-refractivity contribution in [3.63, 3.8) is 0 Å². The maximum absolute atomic E-state index is 9.99. The van der Waals surface area contributed by atoms with Crippen LogP contribution in [0.1, 0.15) is 32.4 Å². The van der Waals surface area contributed by atoms with Crippen LogP contribution in [0.3, 0.4) is 0 Å². The summed E-state index contributed by atoms with van der Waals surface area (Å²) in [7, 11) is 1.85. The zero-order chi connectivity index (χ0) is 9.19. The number of aryl methyl sites for hydroxylation is 1. The van der Waals surface area contributed by atoms with Gasteiger partial charge >= 0.3 is 0 Å². The highest BCUT2D eigenvalue weighted by atomic mass is 16.3. The molecular formula is C9H16N2O. The molecule has 12 heavy (non-hydrogen) atoms. The molecule has 0 saturated carbocycles. The first-order valence-electron chi connectivity index (χ1n) is 4.29. The first kappa shape index (κ1) is 9.26. The first-order chi connectivity index (χ1) is 5.58. The smallest absolute Gasteiger partial charge is 0.103 e. The van der Waals surface area contributed by atoms with Gasteiger partial charge in [-0.15, -0.1) is 0 Å². The number of rotatable bonds is 3. The highest BCUT2D eigenvalue weighted by Gasteiger charge is 2.24. The molecule has 1 aromatic rings. The summed E-state index contributed by atoms with van der Waals surface area (Å²) in [5.41, 5.74) is 0.143. The Morgan fingerprint density at radius 1 is 1.67 bits per heavy atom. The monoisotopic (exact) mass is 168 g/mol. The zero-order valence-electron chi connectivity index (χ0n) is 7.91. The first-order valence-corrected chi connectivity index (χ1v) is 4.29. The number of aliphatic hydroxyl groups is 1. The Hall–Kier alpha value is -0.830. The van der Waals surface area contributed by atoms with Gasteiger partial charge in [-0.3, -0.25) is 4.68 Å². The van der Waals surface area contributed by atoms with Crippen LogP contribution >= 0.6 is 0 Å². The summed E-state index contributed by atoms with van der Waals surface area (Å²) in [6.07, 6.45) is 3.45. The van der Waals surface area contributed by atoms with E-state index in [9.17, 15) is 5.11 Å². The van der Waals surface area contributed by atoms with Crippen molar-refractivity contribution in [2.75, 3.05) is 0 Å². The average molecular weight is 168 g/mol. The molecule has 1 rings (SSSR count). The summed E-state index contributed by atoms with van der Waals surface area (Å²) in [5.74, 6) is 0. The summed E-state index contributed by atoms with van der Waals surface area (Å²) in [5, 5.41) is 14.0. The van der Waals surface area contributed by atoms with Gasteiger partial charge in [-0.25, -0.2) is 0 Å². The molecule has 0 saturated heterocycles. The van der Waals surface area contributed by atoms with E-state index < -0.39 is 5.60 Å². The van der Waals surface area contributed by atoms with Gasteiger partial charge in [0.05, 0.1) is 5.69 Å². The lowest BCUT2D eigenvalue weighted by atomic mass is 9.97. The molecule has 1 unspecified atom stereocenters. The molecule has 0 aliphatic rings. The Bertz CT molecular complexity index is 253. The Kier molecular flexibility index (Phi) is 2.52. The molecule has 1 aromatic heterocycles. The highest BCUT2D eigenvalue weighted by molar-refractivity contribution is 5.09. The fraction of sp³-hybridized carbons (Fsp3) is 0.667. The van der Waals surface area contributed by atoms with Crippen LogP contribution in [0.15, 0.2) is 12.3 Å². The molecule has 0 amide bonds. The Morgan fingerprint density at radius 3 is 2.75 bits per heavy atom. The maximum atomic E-state index is 9.99. The molecule has 3 heteroatoms. The van der Waals surface area contributed by atoms with Gasteiger partial charge in [0.2, 0.25) is 0 Å². The van der Waals surface area contributed by atoms with Gasteiger partial charge in [0.25, 0.3) is 0 Å². The van der Waals surface area contributed by atoms with E-state index in [2.05, 4.69) is 12.0 Å². The van der Waals surface area contributed by atoms with E-state index in [-0.39, 0.29) is 0 Å². The van der Waals surface area contributed by atoms with Gasteiger partial charge in [0.1, 0.15) is 5.60 Å². The molecule has 68 valence electrons. The topological polar surface area (TPSA) is 38.1 Å². The summed E-state index contributed by atoms with van der Waals surface area (Å²) < 4.78 is 1.72. The lowest BCUT2D eigenvalue weighted by Crippen LogP contribution is -2.24. The van der Waals surface area contributed by atoms with E-state index in [1.165, 1.54) is 0 Å². The number of aromatic nitrogens is 2. The maximum Gasteiger partial charge on any atom is 0.103 e. The third kappa shape index (κ3) is 1.67. The van der Waals surface area contributed by atoms with Crippen LogP contribution in [0.2, 0.25) is 0 Å². The van der Waals surface area contributed by atoms with Crippen molar-refractivity contribution >= 4 is 0 Å². The molecule has 0 fully saturated rings. The van der Waals surface area contributed by atoms with Crippen molar-refractivity contribution in [2.45, 2.75) is 32.3 Å². The number of hydrogen-bond donors (Lipinski definition) is 1. The Balaban J connectivity index is 2.88. The minimum absolute atomic E-state index is 0.736. The summed E-state index contributed by atoms with van der Waals surface area (Å²) in [6, 6.07) is 1.86. The Morgan fingerprint density at radius 2 is 2.33 bits per heavy atom. The fourth-order valence-corrected chi connectivity index (χ4v) is 1.52. The normalized spacial score (nSPS) is 16.0. The van der Waals surface area contributed by atoms with E-state index >= 15 is 0 Å². The van der Waals surface area contributed by atoms with E-state index in [1.807, 2.05) is 20.0 Å². The van der Waals surface area contributed by atoms with Gasteiger partial charge in [0, 0.05) is 13.2 Å². The molecule has 1 atom stereocenters. The Labute approximate surface area is 73.0 Å². The van der Waals surface area contributed by atoms with Crippen LogP contribution in [0.5, 0.6) is 0 Å². The lowest BCUT2D eigenvalue weighted by molar-refractivity contribution is 0.0386. The molecule has 0 aliphatic carbocycles. The van der Waals surface area contributed by atoms with Crippen LogP contribution in [0.4, 0.5) is 0 Å². The van der Waals surface area contributed by atoms with Crippen molar-refractivity contribution < 1.29 is 5.11 Å². The van der Waals surface area contributed by atoms with Gasteiger partial charge < -0.3 is 5.11 Å². The predicted octanol–water partition coefficient (Wildman–Crippen LogP) is 1.43. The van der Waals surface area contributed by atoms with Gasteiger partial charge in [-0.05, 0) is 19.4 Å². The molecule has 0 aliphatic heterocycles. The zero-order valence-corrected chi connectivity index (χ0v) is 7.91. The summed E-state index contributed by atoms with van der Waals surface area (Å²) in [4.78, 5) is 0. The van der Waals surface area contributed by atoms with Crippen molar-refractivity contribution in [1.29, 1.82) is 0 Å². The molecule has 0 aromatic carbocycles. The molecule has 1 N–H and O–H groups in total. The molecule has 1 heterocycles. The van der Waals surface area contributed by atoms with Crippen LogP contribution in [0, 0.1) is 0 Å². The molecule has 3 nitrogen and oxygen atoms in total. The lowest BCUT2D eigenvalue weighted by Gasteiger charge is -2.22. The van der Waals surface area contributed by atoms with E-state index in [0.29, 0.717) is 0 Å². The average Bonchev–Trinajstić information content (AvgIpc) is 2.35. The van der Waals surface area contributed by atoms with Gasteiger partial charge in [-0.1, -0.05) is 13.3 Å². The molecule has 0 bridgehead atoms. The third-order valence-electron chi connectivity index (χ3n) is 2.11. The van der Waals surface area contributed by atoms with Crippen molar-refractivity contribution in [3.05, 3.63) is 18.0 Å². The number of hydrogen-bond acceptors (Lipinski definition) is 2. The van der Waals surface area contributed by atoms with E-state index in [4.69, 9.17) is 0 Å². The summed E-state index contributed by atoms with van der Waals surface area (Å²) in [6.45, 7) is 3.89. The fourth-order valence-electron chi connectivity index (χ4n) is 1.52. The minimum Gasteiger partial charge on any atom is -0.384 e. The van der Waals surface area contributed by atoms with E-state index in [0.717, 1.165) is 18.5 Å². The quantitative estimate of drug-likeness (QED) is 0.741. The van der Waals surface area contributed by atoms with Crippen LogP contribution in [-0.2, 0) is 12.6 Å². The second-order valence-corrected chi connectivity index (χ2v) is 3.36. The minimum atomic E-state index is -0.736. The standard InChI is InChI=1S/C9H16N2O/c1-4-6-9(2,12)8-5-7-10-11(8)3/h5,7,12H,4,6H2,1-3H3. The molecule has 0 spiro atoms. The van der Waals surface area contributed by atoms with Crippen molar-refractivity contribution in [2.24, 2.45) is 7.05 Å². The number of nitrogens with zero attached hydrogens (tertiary/aromatic N) is 2. The van der Waals surface area contributed by atoms with E-state index in [1.54, 1.807) is 10.9 Å². The van der Waals surface area contributed by atoms with Crippen molar-refractivity contribution in [1.82, 2.24) is 9.78 Å². The third-order valence-corrected chi connectivity index (χ3v) is 2.11. The van der Waals surface area contributed by atoms with Crippen LogP contribution in [0.25, 0.3) is 0 Å². The molecular weight excluding hydrogens is 152 g/mol. The van der Waals surface area contributed by atoms with Gasteiger partial charge in [0.15, 0.2) is 0 Å². The second-order valence-electron chi connectivity index (χ2n) is 3.36. The largest absolute Gasteiger partial charge is 0.384 e. The van der Waals surface area contributed by atoms with Crippen LogP contribution < -0.4 is 0 Å². The predicted molar refractivity (Wildman–Crippen MR) is 47.7 cm³/mol. The SMILES string of the molecule is CCCC(C)(O)c1ccnn1C.